The summed E-state index contributed by atoms with van der Waals surface area (Å²) in [5.74, 6) is 0.279. The molecule has 3 aromatic carbocycles. The number of hydrogen-bond donors (Lipinski definition) is 2. The number of nitrogens with zero attached hydrogens (tertiary/aromatic N) is 3. The number of likely N-dealkylation sites (tertiary alicyclic amines) is 1. The highest BCUT2D eigenvalue weighted by molar-refractivity contribution is 6.01. The number of fused-ring (bicyclic) bond motifs is 5. The van der Waals surface area contributed by atoms with Gasteiger partial charge in [0.25, 0.3) is 5.91 Å². The number of pyridine rings is 1. The molecule has 8 rings (SSSR count). The number of ether oxygens (including phenoxy) is 2. The van der Waals surface area contributed by atoms with Crippen molar-refractivity contribution in [2.45, 2.75) is 31.9 Å². The van der Waals surface area contributed by atoms with Crippen LogP contribution in [0.2, 0.25) is 0 Å². The van der Waals surface area contributed by atoms with E-state index in [-0.39, 0.29) is 28.4 Å². The molecule has 43 heavy (non-hydrogen) atoms. The number of amides is 1. The van der Waals surface area contributed by atoms with Gasteiger partial charge < -0.3 is 34.9 Å². The minimum Gasteiger partial charge on any atom is -0.488 e. The van der Waals surface area contributed by atoms with Crippen molar-refractivity contribution in [2.24, 2.45) is 5.73 Å². The quantitative estimate of drug-likeness (QED) is 0.322. The summed E-state index contributed by atoms with van der Waals surface area (Å²) in [5, 5.41) is 3.01. The second-order valence-corrected chi connectivity index (χ2v) is 11.8. The van der Waals surface area contributed by atoms with E-state index in [0.717, 1.165) is 55.6 Å². The number of benzene rings is 3. The van der Waals surface area contributed by atoms with Crippen molar-refractivity contribution in [1.29, 1.82) is 0 Å². The number of nitrogens with two attached hydrogens (primary N) is 1. The highest BCUT2D eigenvalue weighted by Gasteiger charge is 2.34. The lowest BCUT2D eigenvalue weighted by Crippen LogP contribution is -2.36. The first kappa shape index (κ1) is 26.2. The molecule has 0 spiro atoms. The Bertz CT molecular complexity index is 1870. The summed E-state index contributed by atoms with van der Waals surface area (Å²) in [4.78, 5) is 31.4. The van der Waals surface area contributed by atoms with Gasteiger partial charge in [-0.15, -0.1) is 0 Å². The van der Waals surface area contributed by atoms with Crippen molar-refractivity contribution in [1.82, 2.24) is 14.8 Å². The summed E-state index contributed by atoms with van der Waals surface area (Å²) < 4.78 is 30.3. The van der Waals surface area contributed by atoms with Crippen LogP contribution in [0.25, 0.3) is 27.7 Å². The Morgan fingerprint density at radius 3 is 2.72 bits per heavy atom. The van der Waals surface area contributed by atoms with E-state index in [4.69, 9.17) is 15.2 Å². The molecular weight excluding hydrogens is 549 g/mol. The van der Waals surface area contributed by atoms with Crippen LogP contribution < -0.4 is 30.9 Å². The van der Waals surface area contributed by atoms with Crippen LogP contribution in [0.3, 0.4) is 0 Å². The van der Waals surface area contributed by atoms with Gasteiger partial charge in [0.2, 0.25) is 5.43 Å². The third kappa shape index (κ3) is 4.27. The zero-order chi connectivity index (χ0) is 29.2. The standard InChI is InChI=1S/C33H32FN5O4/c34-25-13-23-29-32(30(25)38-11-7-20(35)16-38)43-28-15-27-22(21-6-2-1-5-19(21)18-42-27)14-26(28)39(29)17-24(31(23)40)33(41)36-8-12-37-9-3-4-10-37/h1-2,5-6,13-15,17,20H,3-4,7-12,16,18,35H2,(H,36,41)/t20-/m0/s1. The van der Waals surface area contributed by atoms with Crippen molar-refractivity contribution in [3.05, 3.63) is 75.8 Å². The third-order valence-electron chi connectivity index (χ3n) is 9.09. The first-order valence-electron chi connectivity index (χ1n) is 15.0. The fourth-order valence-electron chi connectivity index (χ4n) is 6.90. The number of carbonyl (C=O) groups is 1. The van der Waals surface area contributed by atoms with Gasteiger partial charge in [-0.25, -0.2) is 4.39 Å². The molecular formula is C33H32FN5O4. The van der Waals surface area contributed by atoms with Crippen molar-refractivity contribution < 1.29 is 18.7 Å². The topological polar surface area (TPSA) is 102 Å². The van der Waals surface area contributed by atoms with Crippen LogP contribution >= 0.6 is 0 Å². The molecule has 220 valence electrons. The van der Waals surface area contributed by atoms with Gasteiger partial charge in [-0.1, -0.05) is 24.3 Å². The Labute approximate surface area is 247 Å². The highest BCUT2D eigenvalue weighted by Crippen LogP contribution is 2.50. The largest absolute Gasteiger partial charge is 0.488 e. The predicted octanol–water partition coefficient (Wildman–Crippen LogP) is 4.16. The molecule has 9 nitrogen and oxygen atoms in total. The SMILES string of the molecule is N[C@H]1CCN(c2c(F)cc3c(=O)c(C(=O)NCCN4CCCC4)cn4c3c2Oc2cc3c(cc2-4)-c2ccccc2CO3)C1. The van der Waals surface area contributed by atoms with Gasteiger partial charge in [-0.05, 0) is 55.6 Å². The van der Waals surface area contributed by atoms with Crippen LogP contribution in [0.4, 0.5) is 10.1 Å². The van der Waals surface area contributed by atoms with Gasteiger partial charge in [-0.2, -0.15) is 0 Å². The predicted molar refractivity (Wildman–Crippen MR) is 162 cm³/mol. The van der Waals surface area contributed by atoms with E-state index in [1.54, 1.807) is 10.8 Å². The number of anilines is 1. The third-order valence-corrected chi connectivity index (χ3v) is 9.09. The summed E-state index contributed by atoms with van der Waals surface area (Å²) in [5.41, 5.74) is 9.92. The van der Waals surface area contributed by atoms with E-state index in [2.05, 4.69) is 10.2 Å². The maximum Gasteiger partial charge on any atom is 0.256 e. The first-order valence-corrected chi connectivity index (χ1v) is 15.0. The Kier molecular flexibility index (Phi) is 6.16. The molecule has 0 bridgehead atoms. The van der Waals surface area contributed by atoms with Crippen LogP contribution in [0.1, 0.15) is 35.2 Å². The Morgan fingerprint density at radius 2 is 1.91 bits per heavy atom. The molecule has 2 fully saturated rings. The molecule has 5 heterocycles. The number of halogens is 1. The van der Waals surface area contributed by atoms with E-state index < -0.39 is 17.2 Å². The Hall–Kier alpha value is -4.41. The second kappa shape index (κ2) is 10.1. The van der Waals surface area contributed by atoms with Gasteiger partial charge in [-0.3, -0.25) is 9.59 Å². The van der Waals surface area contributed by atoms with Crippen molar-refractivity contribution >= 4 is 22.5 Å². The number of carbonyl (C=O) groups excluding carboxylic acids is 1. The zero-order valence-corrected chi connectivity index (χ0v) is 23.7. The van der Waals surface area contributed by atoms with Crippen molar-refractivity contribution in [2.75, 3.05) is 44.2 Å². The van der Waals surface area contributed by atoms with Gasteiger partial charge in [0, 0.05) is 50.0 Å². The summed E-state index contributed by atoms with van der Waals surface area (Å²) >= 11 is 0. The number of rotatable bonds is 5. The fraction of sp³-hybridized carbons (Fsp3) is 0.333. The smallest absolute Gasteiger partial charge is 0.256 e. The summed E-state index contributed by atoms with van der Waals surface area (Å²) in [7, 11) is 0. The molecule has 0 aliphatic carbocycles. The van der Waals surface area contributed by atoms with Crippen LogP contribution in [-0.4, -0.2) is 60.7 Å². The van der Waals surface area contributed by atoms with Crippen molar-refractivity contribution in [3.63, 3.8) is 0 Å². The maximum atomic E-state index is 16.0. The molecule has 0 unspecified atom stereocenters. The molecule has 4 aliphatic heterocycles. The summed E-state index contributed by atoms with van der Waals surface area (Å²) in [6.07, 6.45) is 4.60. The van der Waals surface area contributed by atoms with Crippen LogP contribution in [-0.2, 0) is 6.61 Å². The average molecular weight is 582 g/mol. The van der Waals surface area contributed by atoms with Gasteiger partial charge in [0.15, 0.2) is 17.3 Å². The summed E-state index contributed by atoms with van der Waals surface area (Å²) in [6, 6.07) is 13.0. The van der Waals surface area contributed by atoms with E-state index in [9.17, 15) is 9.59 Å². The lowest BCUT2D eigenvalue weighted by atomic mass is 9.95. The number of nitrogens with one attached hydrogen (secondary N) is 1. The van der Waals surface area contributed by atoms with Crippen LogP contribution in [0.5, 0.6) is 17.2 Å². The fourth-order valence-corrected chi connectivity index (χ4v) is 6.90. The molecule has 4 aliphatic rings. The maximum absolute atomic E-state index is 16.0. The molecule has 0 radical (unpaired) electrons. The van der Waals surface area contributed by atoms with Gasteiger partial charge in [0.05, 0.1) is 11.1 Å². The first-order chi connectivity index (χ1) is 21.0. The monoisotopic (exact) mass is 581 g/mol. The van der Waals surface area contributed by atoms with E-state index >= 15 is 4.39 Å². The van der Waals surface area contributed by atoms with Gasteiger partial charge >= 0.3 is 0 Å². The second-order valence-electron chi connectivity index (χ2n) is 11.8. The molecule has 4 aromatic rings. The molecule has 2 saturated heterocycles. The van der Waals surface area contributed by atoms with E-state index in [0.29, 0.717) is 48.9 Å². The van der Waals surface area contributed by atoms with E-state index in [1.807, 2.05) is 41.3 Å². The van der Waals surface area contributed by atoms with E-state index in [1.165, 1.54) is 6.07 Å². The number of hydrogen-bond acceptors (Lipinski definition) is 7. The average Bonchev–Trinajstić information content (AvgIpc) is 3.69. The van der Waals surface area contributed by atoms with Crippen LogP contribution in [0.15, 0.2) is 53.5 Å². The molecule has 0 saturated carbocycles. The van der Waals surface area contributed by atoms with Crippen LogP contribution in [0, 0.1) is 5.82 Å². The lowest BCUT2D eigenvalue weighted by Gasteiger charge is -2.30. The Morgan fingerprint density at radius 1 is 1.07 bits per heavy atom. The lowest BCUT2D eigenvalue weighted by molar-refractivity contribution is 0.0948. The minimum atomic E-state index is -0.585. The molecule has 3 N–H and O–H groups in total. The molecule has 1 aromatic heterocycles. The van der Waals surface area contributed by atoms with Crippen molar-refractivity contribution in [3.8, 4) is 34.1 Å². The zero-order valence-electron chi connectivity index (χ0n) is 23.7. The normalized spacial score (nSPS) is 18.6. The number of aromatic nitrogens is 1. The van der Waals surface area contributed by atoms with Gasteiger partial charge in [0.1, 0.15) is 29.1 Å². The molecule has 10 heteroatoms. The molecule has 1 atom stereocenters. The Balaban J connectivity index is 1.30. The highest BCUT2D eigenvalue weighted by atomic mass is 19.1. The summed E-state index contributed by atoms with van der Waals surface area (Å²) in [6.45, 7) is 4.63. The minimum absolute atomic E-state index is 0.0440. The molecule has 1 amide bonds.